The van der Waals surface area contributed by atoms with E-state index in [4.69, 9.17) is 0 Å². The van der Waals surface area contributed by atoms with Crippen molar-refractivity contribution in [1.29, 1.82) is 0 Å². The number of nitrogens with one attached hydrogen (secondary N) is 2. The van der Waals surface area contributed by atoms with E-state index in [1.165, 1.54) is 11.3 Å². The minimum absolute atomic E-state index is 0.0156. The summed E-state index contributed by atoms with van der Waals surface area (Å²) in [5.41, 5.74) is 1.80. The van der Waals surface area contributed by atoms with Gasteiger partial charge in [0.2, 0.25) is 5.91 Å². The van der Waals surface area contributed by atoms with Crippen LogP contribution in [0.5, 0.6) is 0 Å². The van der Waals surface area contributed by atoms with Gasteiger partial charge < -0.3 is 15.5 Å². The lowest BCUT2D eigenvalue weighted by Gasteiger charge is -2.36. The van der Waals surface area contributed by atoms with Crippen LogP contribution >= 0.6 is 11.3 Å². The van der Waals surface area contributed by atoms with E-state index in [0.717, 1.165) is 5.56 Å². The Morgan fingerprint density at radius 2 is 1.77 bits per heavy atom. The molecule has 6 nitrogen and oxygen atoms in total. The molecule has 1 aromatic carbocycles. The number of benzene rings is 1. The second-order valence-electron chi connectivity index (χ2n) is 8.56. The van der Waals surface area contributed by atoms with Crippen molar-refractivity contribution in [3.8, 4) is 0 Å². The number of amides is 3. The largest absolute Gasteiger partial charge is 0.354 e. The fraction of sp³-hybridized carbons (Fsp3) is 0.458. The summed E-state index contributed by atoms with van der Waals surface area (Å²) < 4.78 is 0. The molecule has 2 N–H and O–H groups in total. The molecule has 3 amide bonds. The number of thiophene rings is 1. The molecule has 0 radical (unpaired) electrons. The van der Waals surface area contributed by atoms with Crippen LogP contribution in [-0.4, -0.2) is 48.3 Å². The molecular weight excluding hydrogens is 410 g/mol. The number of carbonyl (C=O) groups is 3. The number of hydrogen-bond donors (Lipinski definition) is 2. The molecule has 7 heteroatoms. The first-order chi connectivity index (χ1) is 14.8. The maximum Gasteiger partial charge on any atom is 0.262 e. The Morgan fingerprint density at radius 3 is 2.35 bits per heavy atom. The highest BCUT2D eigenvalue weighted by atomic mass is 32.1. The average Bonchev–Trinajstić information content (AvgIpc) is 3.31. The van der Waals surface area contributed by atoms with Crippen LogP contribution < -0.4 is 10.6 Å². The van der Waals surface area contributed by atoms with Gasteiger partial charge in [0.1, 0.15) is 6.04 Å². The Balaban J connectivity index is 1.65. The molecule has 166 valence electrons. The maximum absolute atomic E-state index is 12.9. The van der Waals surface area contributed by atoms with Crippen molar-refractivity contribution in [2.24, 2.45) is 11.8 Å². The van der Waals surface area contributed by atoms with Crippen molar-refractivity contribution < 1.29 is 14.4 Å². The first-order valence-electron chi connectivity index (χ1n) is 10.8. The van der Waals surface area contributed by atoms with Gasteiger partial charge in [-0.3, -0.25) is 14.4 Å². The minimum atomic E-state index is -0.607. The maximum atomic E-state index is 12.9. The highest BCUT2D eigenvalue weighted by molar-refractivity contribution is 7.12. The number of nitrogens with zero attached hydrogens (tertiary/aromatic N) is 1. The summed E-state index contributed by atoms with van der Waals surface area (Å²) in [5, 5.41) is 7.76. The molecule has 1 aromatic heterocycles. The van der Waals surface area contributed by atoms with E-state index in [1.807, 2.05) is 61.4 Å². The zero-order chi connectivity index (χ0) is 22.4. The minimum Gasteiger partial charge on any atom is -0.354 e. The number of rotatable bonds is 7. The first-order valence-corrected chi connectivity index (χ1v) is 11.7. The molecule has 1 unspecified atom stereocenters. The standard InChI is InChI=1S/C24H31N3O3S/c1-16(2)15-25-23(29)21(26-22(28)20-5-4-14-31-20)18-10-12-27(13-11-18)24(30)19-8-6-17(3)7-9-19/h4-9,14,16,18,21H,10-13,15H2,1-3H3,(H,25,29)(H,26,28). The zero-order valence-electron chi connectivity index (χ0n) is 18.4. The van der Waals surface area contributed by atoms with E-state index < -0.39 is 6.04 Å². The second kappa shape index (κ2) is 10.6. The molecule has 0 saturated carbocycles. The van der Waals surface area contributed by atoms with Gasteiger partial charge in [0.15, 0.2) is 0 Å². The number of aryl methyl sites for hydroxylation is 1. The first kappa shape index (κ1) is 23.0. The summed E-state index contributed by atoms with van der Waals surface area (Å²) >= 11 is 1.36. The fourth-order valence-corrected chi connectivity index (χ4v) is 4.37. The number of piperidine rings is 1. The lowest BCUT2D eigenvalue weighted by atomic mass is 9.88. The fourth-order valence-electron chi connectivity index (χ4n) is 3.75. The Kier molecular flexibility index (Phi) is 7.85. The monoisotopic (exact) mass is 441 g/mol. The third-order valence-electron chi connectivity index (χ3n) is 5.60. The Bertz CT molecular complexity index is 885. The molecule has 1 aliphatic rings. The smallest absolute Gasteiger partial charge is 0.262 e. The van der Waals surface area contributed by atoms with Crippen molar-refractivity contribution in [1.82, 2.24) is 15.5 Å². The Morgan fingerprint density at radius 1 is 1.10 bits per heavy atom. The zero-order valence-corrected chi connectivity index (χ0v) is 19.2. The molecule has 2 heterocycles. The average molecular weight is 442 g/mol. The van der Waals surface area contributed by atoms with Crippen molar-refractivity contribution in [2.45, 2.75) is 39.7 Å². The molecule has 3 rings (SSSR count). The molecule has 1 atom stereocenters. The molecule has 0 bridgehead atoms. The van der Waals surface area contributed by atoms with Crippen LogP contribution in [0.1, 0.15) is 52.3 Å². The summed E-state index contributed by atoms with van der Waals surface area (Å²) in [4.78, 5) is 40.8. The van der Waals surface area contributed by atoms with E-state index in [-0.39, 0.29) is 23.6 Å². The predicted molar refractivity (Wildman–Crippen MR) is 123 cm³/mol. The van der Waals surface area contributed by atoms with Gasteiger partial charge in [-0.1, -0.05) is 37.6 Å². The molecular formula is C24H31N3O3S. The molecule has 1 fully saturated rings. The second-order valence-corrected chi connectivity index (χ2v) is 9.51. The van der Waals surface area contributed by atoms with E-state index in [9.17, 15) is 14.4 Å². The lowest BCUT2D eigenvalue weighted by Crippen LogP contribution is -2.54. The van der Waals surface area contributed by atoms with E-state index >= 15 is 0 Å². The Hall–Kier alpha value is -2.67. The van der Waals surface area contributed by atoms with Crippen molar-refractivity contribution >= 4 is 29.1 Å². The number of likely N-dealkylation sites (tertiary alicyclic amines) is 1. The van der Waals surface area contributed by atoms with Gasteiger partial charge in [0.05, 0.1) is 4.88 Å². The third-order valence-corrected chi connectivity index (χ3v) is 6.46. The van der Waals surface area contributed by atoms with Crippen molar-refractivity contribution in [3.63, 3.8) is 0 Å². The summed E-state index contributed by atoms with van der Waals surface area (Å²) in [5.74, 6) is -0.0497. The SMILES string of the molecule is Cc1ccc(C(=O)N2CCC(C(NC(=O)c3cccs3)C(=O)NCC(C)C)CC2)cc1. The number of carbonyl (C=O) groups excluding carboxylic acids is 3. The summed E-state index contributed by atoms with van der Waals surface area (Å²) in [7, 11) is 0. The summed E-state index contributed by atoms with van der Waals surface area (Å²) in [6, 6.07) is 10.6. The molecule has 1 saturated heterocycles. The van der Waals surface area contributed by atoms with Gasteiger partial charge in [-0.15, -0.1) is 11.3 Å². The third kappa shape index (κ3) is 6.17. The van der Waals surface area contributed by atoms with Gasteiger partial charge in [0.25, 0.3) is 11.8 Å². The molecule has 2 aromatic rings. The van der Waals surface area contributed by atoms with Crippen LogP contribution in [0.4, 0.5) is 0 Å². The predicted octanol–water partition coefficient (Wildman–Crippen LogP) is 3.48. The van der Waals surface area contributed by atoms with Crippen molar-refractivity contribution in [2.75, 3.05) is 19.6 Å². The van der Waals surface area contributed by atoms with Gasteiger partial charge in [-0.25, -0.2) is 0 Å². The van der Waals surface area contributed by atoms with Crippen LogP contribution in [0.2, 0.25) is 0 Å². The van der Waals surface area contributed by atoms with E-state index in [1.54, 1.807) is 6.07 Å². The molecule has 31 heavy (non-hydrogen) atoms. The molecule has 0 spiro atoms. The van der Waals surface area contributed by atoms with Gasteiger partial charge in [0, 0.05) is 25.2 Å². The summed E-state index contributed by atoms with van der Waals surface area (Å²) in [6.07, 6.45) is 1.34. The normalized spacial score (nSPS) is 15.5. The van der Waals surface area contributed by atoms with Crippen LogP contribution in [0.3, 0.4) is 0 Å². The van der Waals surface area contributed by atoms with Gasteiger partial charge >= 0.3 is 0 Å². The van der Waals surface area contributed by atoms with Crippen LogP contribution in [0, 0.1) is 18.8 Å². The molecule has 0 aliphatic carbocycles. The Labute approximate surface area is 188 Å². The quantitative estimate of drug-likeness (QED) is 0.691. The summed E-state index contributed by atoms with van der Waals surface area (Å²) in [6.45, 7) is 7.77. The van der Waals surface area contributed by atoms with Gasteiger partial charge in [-0.2, -0.15) is 0 Å². The van der Waals surface area contributed by atoms with Crippen molar-refractivity contribution in [3.05, 3.63) is 57.8 Å². The highest BCUT2D eigenvalue weighted by Crippen LogP contribution is 2.23. The van der Waals surface area contributed by atoms with Gasteiger partial charge in [-0.05, 0) is 55.2 Å². The van der Waals surface area contributed by atoms with E-state index in [2.05, 4.69) is 10.6 Å². The molecule has 1 aliphatic heterocycles. The number of hydrogen-bond acceptors (Lipinski definition) is 4. The lowest BCUT2D eigenvalue weighted by molar-refractivity contribution is -0.124. The topological polar surface area (TPSA) is 78.5 Å². The van der Waals surface area contributed by atoms with Crippen LogP contribution in [0.25, 0.3) is 0 Å². The highest BCUT2D eigenvalue weighted by Gasteiger charge is 2.34. The van der Waals surface area contributed by atoms with E-state index in [0.29, 0.717) is 48.8 Å². The van der Waals surface area contributed by atoms with Crippen LogP contribution in [-0.2, 0) is 4.79 Å². The van der Waals surface area contributed by atoms with Crippen LogP contribution in [0.15, 0.2) is 41.8 Å².